The van der Waals surface area contributed by atoms with Gasteiger partial charge in [-0.1, -0.05) is 48.9 Å². The fourth-order valence-corrected chi connectivity index (χ4v) is 2.80. The normalized spacial score (nSPS) is 12.3. The van der Waals surface area contributed by atoms with Gasteiger partial charge in [-0.15, -0.1) is 0 Å². The molecule has 0 amide bonds. The average Bonchev–Trinajstić information content (AvgIpc) is 2.56. The van der Waals surface area contributed by atoms with Crippen LogP contribution in [0.5, 0.6) is 5.75 Å². The predicted octanol–water partition coefficient (Wildman–Crippen LogP) is 5.15. The molecular formula is C19H17ClO3. The third kappa shape index (κ3) is 3.25. The molecule has 3 nitrogen and oxygen atoms in total. The summed E-state index contributed by atoms with van der Waals surface area (Å²) < 4.78 is 11.3. The maximum atomic E-state index is 11.7. The van der Waals surface area contributed by atoms with Gasteiger partial charge in [-0.25, -0.2) is 4.79 Å². The molecule has 0 spiro atoms. The minimum atomic E-state index is -0.362. The lowest BCUT2D eigenvalue weighted by Crippen LogP contribution is -2.04. The van der Waals surface area contributed by atoms with Crippen molar-refractivity contribution in [1.29, 1.82) is 0 Å². The van der Waals surface area contributed by atoms with Crippen molar-refractivity contribution in [2.75, 3.05) is 0 Å². The van der Waals surface area contributed by atoms with Crippen LogP contribution in [0.15, 0.2) is 57.7 Å². The predicted molar refractivity (Wildman–Crippen MR) is 92.4 cm³/mol. The number of fused-ring (bicyclic) bond motifs is 1. The second-order valence-electron chi connectivity index (χ2n) is 5.39. The SMILES string of the molecule is CCc1cc(=O)oc2cc(OC(C)c3ccccc3)c(Cl)cc12. The molecule has 4 heteroatoms. The second kappa shape index (κ2) is 6.47. The summed E-state index contributed by atoms with van der Waals surface area (Å²) >= 11 is 6.36. The minimum absolute atomic E-state index is 0.160. The van der Waals surface area contributed by atoms with E-state index in [1.54, 1.807) is 12.1 Å². The van der Waals surface area contributed by atoms with E-state index in [1.165, 1.54) is 6.07 Å². The second-order valence-corrected chi connectivity index (χ2v) is 5.80. The Morgan fingerprint density at radius 1 is 1.17 bits per heavy atom. The van der Waals surface area contributed by atoms with E-state index in [0.29, 0.717) is 16.4 Å². The molecule has 0 saturated heterocycles. The van der Waals surface area contributed by atoms with E-state index >= 15 is 0 Å². The Hall–Kier alpha value is -2.26. The lowest BCUT2D eigenvalue weighted by molar-refractivity contribution is 0.227. The highest BCUT2D eigenvalue weighted by molar-refractivity contribution is 6.32. The fourth-order valence-electron chi connectivity index (χ4n) is 2.59. The average molecular weight is 329 g/mol. The maximum Gasteiger partial charge on any atom is 0.336 e. The van der Waals surface area contributed by atoms with Crippen LogP contribution in [-0.4, -0.2) is 0 Å². The van der Waals surface area contributed by atoms with Gasteiger partial charge in [-0.3, -0.25) is 0 Å². The van der Waals surface area contributed by atoms with Crippen molar-refractivity contribution in [3.8, 4) is 5.75 Å². The van der Waals surface area contributed by atoms with Gasteiger partial charge in [0.1, 0.15) is 17.4 Å². The first-order valence-electron chi connectivity index (χ1n) is 7.56. The number of benzene rings is 2. The molecule has 0 aliphatic heterocycles. The van der Waals surface area contributed by atoms with E-state index in [2.05, 4.69) is 0 Å². The van der Waals surface area contributed by atoms with Gasteiger partial charge >= 0.3 is 5.63 Å². The summed E-state index contributed by atoms with van der Waals surface area (Å²) in [5.74, 6) is 0.506. The fraction of sp³-hybridized carbons (Fsp3) is 0.211. The van der Waals surface area contributed by atoms with Crippen LogP contribution < -0.4 is 10.4 Å². The molecule has 2 aromatic carbocycles. The van der Waals surface area contributed by atoms with E-state index < -0.39 is 0 Å². The largest absolute Gasteiger partial charge is 0.484 e. The molecule has 3 rings (SSSR count). The lowest BCUT2D eigenvalue weighted by Gasteiger charge is -2.16. The lowest BCUT2D eigenvalue weighted by atomic mass is 10.1. The molecule has 0 saturated carbocycles. The monoisotopic (exact) mass is 328 g/mol. The number of hydrogen-bond donors (Lipinski definition) is 0. The molecule has 0 radical (unpaired) electrons. The molecule has 1 unspecified atom stereocenters. The summed E-state index contributed by atoms with van der Waals surface area (Å²) in [5.41, 5.74) is 2.10. The Bertz CT molecular complexity index is 884. The molecular weight excluding hydrogens is 312 g/mol. The maximum absolute atomic E-state index is 11.7. The molecule has 0 aliphatic carbocycles. The Balaban J connectivity index is 2.02. The minimum Gasteiger partial charge on any atom is -0.484 e. The molecule has 1 atom stereocenters. The standard InChI is InChI=1S/C19H17ClO3/c1-3-13-9-19(21)23-17-11-18(16(20)10-15(13)17)22-12(2)14-7-5-4-6-8-14/h4-12H,3H2,1-2H3. The zero-order valence-electron chi connectivity index (χ0n) is 13.0. The summed E-state index contributed by atoms with van der Waals surface area (Å²) in [7, 11) is 0. The summed E-state index contributed by atoms with van der Waals surface area (Å²) in [6.07, 6.45) is 0.575. The molecule has 3 aromatic rings. The van der Waals surface area contributed by atoms with Gasteiger partial charge in [0.15, 0.2) is 0 Å². The topological polar surface area (TPSA) is 39.4 Å². The Morgan fingerprint density at radius 2 is 1.91 bits per heavy atom. The molecule has 0 aliphatic rings. The first kappa shape index (κ1) is 15.6. The van der Waals surface area contributed by atoms with Gasteiger partial charge in [0.2, 0.25) is 0 Å². The van der Waals surface area contributed by atoms with E-state index in [1.807, 2.05) is 44.2 Å². The smallest absolute Gasteiger partial charge is 0.336 e. The molecule has 0 bridgehead atoms. The van der Waals surface area contributed by atoms with E-state index in [0.717, 1.165) is 22.9 Å². The van der Waals surface area contributed by atoms with Crippen LogP contribution in [0.2, 0.25) is 5.02 Å². The van der Waals surface area contributed by atoms with Gasteiger partial charge in [0.05, 0.1) is 5.02 Å². The van der Waals surface area contributed by atoms with Crippen LogP contribution in [0.4, 0.5) is 0 Å². The van der Waals surface area contributed by atoms with Gasteiger partial charge in [0, 0.05) is 17.5 Å². The van der Waals surface area contributed by atoms with E-state index in [9.17, 15) is 4.79 Å². The van der Waals surface area contributed by atoms with Crippen LogP contribution in [0.25, 0.3) is 11.0 Å². The van der Waals surface area contributed by atoms with Gasteiger partial charge < -0.3 is 9.15 Å². The van der Waals surface area contributed by atoms with Gasteiger partial charge in [0.25, 0.3) is 0 Å². The van der Waals surface area contributed by atoms with Crippen LogP contribution >= 0.6 is 11.6 Å². The number of ether oxygens (including phenoxy) is 1. The number of halogens is 1. The zero-order valence-corrected chi connectivity index (χ0v) is 13.8. The highest BCUT2D eigenvalue weighted by Crippen LogP contribution is 2.34. The van der Waals surface area contributed by atoms with Crippen molar-refractivity contribution in [3.63, 3.8) is 0 Å². The highest BCUT2D eigenvalue weighted by atomic mass is 35.5. The van der Waals surface area contributed by atoms with E-state index in [-0.39, 0.29) is 11.7 Å². The molecule has 118 valence electrons. The summed E-state index contributed by atoms with van der Waals surface area (Å²) in [6.45, 7) is 3.94. The first-order chi connectivity index (χ1) is 11.1. The zero-order chi connectivity index (χ0) is 16.4. The van der Waals surface area contributed by atoms with Gasteiger partial charge in [-0.2, -0.15) is 0 Å². The Morgan fingerprint density at radius 3 is 2.61 bits per heavy atom. The quantitative estimate of drug-likeness (QED) is 0.622. The van der Waals surface area contributed by atoms with Crippen LogP contribution in [0.1, 0.15) is 31.1 Å². The van der Waals surface area contributed by atoms with Crippen molar-refractivity contribution in [2.45, 2.75) is 26.4 Å². The van der Waals surface area contributed by atoms with Crippen molar-refractivity contribution < 1.29 is 9.15 Å². The van der Waals surface area contributed by atoms with Crippen LogP contribution in [0.3, 0.4) is 0 Å². The number of aryl methyl sites for hydroxylation is 1. The van der Waals surface area contributed by atoms with Crippen molar-refractivity contribution in [3.05, 3.63) is 75.1 Å². The summed E-state index contributed by atoms with van der Waals surface area (Å²) in [6, 6.07) is 14.9. The summed E-state index contributed by atoms with van der Waals surface area (Å²) in [4.78, 5) is 11.7. The number of rotatable bonds is 4. The Labute approximate surface area is 139 Å². The van der Waals surface area contributed by atoms with Crippen LogP contribution in [-0.2, 0) is 6.42 Å². The van der Waals surface area contributed by atoms with Crippen molar-refractivity contribution in [1.82, 2.24) is 0 Å². The molecule has 0 fully saturated rings. The molecule has 1 heterocycles. The molecule has 23 heavy (non-hydrogen) atoms. The van der Waals surface area contributed by atoms with E-state index in [4.69, 9.17) is 20.8 Å². The third-order valence-corrected chi connectivity index (χ3v) is 4.13. The van der Waals surface area contributed by atoms with Crippen LogP contribution in [0, 0.1) is 0 Å². The summed E-state index contributed by atoms with van der Waals surface area (Å²) in [5, 5.41) is 1.35. The Kier molecular flexibility index (Phi) is 4.39. The van der Waals surface area contributed by atoms with Gasteiger partial charge in [-0.05, 0) is 30.5 Å². The molecule has 1 aromatic heterocycles. The highest BCUT2D eigenvalue weighted by Gasteiger charge is 2.13. The van der Waals surface area contributed by atoms with Crippen molar-refractivity contribution >= 4 is 22.6 Å². The number of hydrogen-bond acceptors (Lipinski definition) is 3. The van der Waals surface area contributed by atoms with Crippen molar-refractivity contribution in [2.24, 2.45) is 0 Å². The third-order valence-electron chi connectivity index (χ3n) is 3.84. The molecule has 0 N–H and O–H groups in total. The first-order valence-corrected chi connectivity index (χ1v) is 7.94.